The Labute approximate surface area is 159 Å². The number of hydrogen-bond donors (Lipinski definition) is 2. The van der Waals surface area contributed by atoms with Crippen molar-refractivity contribution in [2.75, 3.05) is 18.4 Å². The lowest BCUT2D eigenvalue weighted by atomic mass is 9.95. The minimum absolute atomic E-state index is 0. The second-order valence-corrected chi connectivity index (χ2v) is 6.30. The molecule has 3 N–H and O–H groups in total. The summed E-state index contributed by atoms with van der Waals surface area (Å²) in [6, 6.07) is 10.9. The van der Waals surface area contributed by atoms with Gasteiger partial charge in [-0.1, -0.05) is 12.1 Å². The fourth-order valence-electron chi connectivity index (χ4n) is 3.14. The minimum Gasteiger partial charge on any atom is -0.366 e. The maximum Gasteiger partial charge on any atom is 0.250 e. The molecule has 0 spiro atoms. The summed E-state index contributed by atoms with van der Waals surface area (Å²) >= 11 is 0. The van der Waals surface area contributed by atoms with Gasteiger partial charge in [-0.05, 0) is 55.8 Å². The van der Waals surface area contributed by atoms with Crippen molar-refractivity contribution in [2.24, 2.45) is 11.7 Å². The first kappa shape index (κ1) is 19.9. The average Bonchev–Trinajstić information content (AvgIpc) is 2.63. The number of para-hydroxylation sites is 1. The molecule has 2 heterocycles. The van der Waals surface area contributed by atoms with Crippen molar-refractivity contribution < 1.29 is 9.59 Å². The number of halogens is 1. The summed E-state index contributed by atoms with van der Waals surface area (Å²) in [7, 11) is 0. The molecular formula is C19H23ClN4O2. The number of anilines is 1. The molecule has 26 heavy (non-hydrogen) atoms. The van der Waals surface area contributed by atoms with Crippen molar-refractivity contribution in [3.63, 3.8) is 0 Å². The van der Waals surface area contributed by atoms with Crippen molar-refractivity contribution in [3.05, 3.63) is 59.9 Å². The zero-order chi connectivity index (χ0) is 17.6. The minimum atomic E-state index is -0.539. The molecule has 1 aliphatic heterocycles. The molecule has 6 nitrogen and oxygen atoms in total. The molecule has 3 rings (SSSR count). The third kappa shape index (κ3) is 5.03. The molecule has 0 unspecified atom stereocenters. The van der Waals surface area contributed by atoms with Gasteiger partial charge in [-0.25, -0.2) is 0 Å². The zero-order valence-corrected chi connectivity index (χ0v) is 15.2. The van der Waals surface area contributed by atoms with Crippen LogP contribution in [0.2, 0.25) is 0 Å². The van der Waals surface area contributed by atoms with Gasteiger partial charge in [-0.2, -0.15) is 0 Å². The first-order valence-electron chi connectivity index (χ1n) is 8.44. The molecule has 0 aliphatic carbocycles. The van der Waals surface area contributed by atoms with Gasteiger partial charge in [0.2, 0.25) is 5.91 Å². The first-order chi connectivity index (χ1) is 12.1. The van der Waals surface area contributed by atoms with Crippen molar-refractivity contribution in [3.8, 4) is 0 Å². The van der Waals surface area contributed by atoms with Crippen molar-refractivity contribution >= 4 is 29.9 Å². The van der Waals surface area contributed by atoms with Crippen LogP contribution < -0.4 is 11.1 Å². The Morgan fingerprint density at radius 3 is 2.42 bits per heavy atom. The van der Waals surface area contributed by atoms with Crippen LogP contribution in [0.15, 0.2) is 48.8 Å². The number of aromatic nitrogens is 1. The van der Waals surface area contributed by atoms with Gasteiger partial charge in [0.15, 0.2) is 0 Å². The van der Waals surface area contributed by atoms with Gasteiger partial charge in [0.25, 0.3) is 5.91 Å². The molecule has 0 radical (unpaired) electrons. The van der Waals surface area contributed by atoms with E-state index in [2.05, 4.69) is 15.2 Å². The molecule has 0 saturated carbocycles. The van der Waals surface area contributed by atoms with E-state index < -0.39 is 5.91 Å². The van der Waals surface area contributed by atoms with Crippen LogP contribution in [0.4, 0.5) is 5.69 Å². The molecule has 1 saturated heterocycles. The third-order valence-corrected chi connectivity index (χ3v) is 4.56. The molecule has 138 valence electrons. The number of hydrogen-bond acceptors (Lipinski definition) is 4. The Kier molecular flexibility index (Phi) is 7.12. The summed E-state index contributed by atoms with van der Waals surface area (Å²) in [6.07, 6.45) is 5.20. The second kappa shape index (κ2) is 9.31. The fraction of sp³-hybridized carbons (Fsp3) is 0.316. The molecule has 0 bridgehead atoms. The molecule has 0 atom stereocenters. The predicted molar refractivity (Wildman–Crippen MR) is 103 cm³/mol. The topological polar surface area (TPSA) is 88.3 Å². The van der Waals surface area contributed by atoms with Crippen molar-refractivity contribution in [1.82, 2.24) is 9.88 Å². The summed E-state index contributed by atoms with van der Waals surface area (Å²) in [5.74, 6) is -0.630. The van der Waals surface area contributed by atoms with E-state index in [4.69, 9.17) is 5.73 Å². The number of nitrogens with zero attached hydrogens (tertiary/aromatic N) is 2. The van der Waals surface area contributed by atoms with Crippen LogP contribution in [0.25, 0.3) is 0 Å². The maximum absolute atomic E-state index is 12.5. The molecule has 7 heteroatoms. The van der Waals surface area contributed by atoms with E-state index in [9.17, 15) is 9.59 Å². The lowest BCUT2D eigenvalue weighted by Gasteiger charge is -2.31. The van der Waals surface area contributed by atoms with Crippen LogP contribution >= 0.6 is 12.4 Å². The monoisotopic (exact) mass is 374 g/mol. The lowest BCUT2D eigenvalue weighted by Crippen LogP contribution is -2.38. The van der Waals surface area contributed by atoms with Gasteiger partial charge >= 0.3 is 0 Å². The molecule has 2 aromatic rings. The average molecular weight is 375 g/mol. The van der Waals surface area contributed by atoms with Crippen molar-refractivity contribution in [1.29, 1.82) is 0 Å². The summed E-state index contributed by atoms with van der Waals surface area (Å²) < 4.78 is 0. The van der Waals surface area contributed by atoms with Gasteiger partial charge in [0.1, 0.15) is 0 Å². The van der Waals surface area contributed by atoms with Gasteiger partial charge in [0, 0.05) is 24.9 Å². The van der Waals surface area contributed by atoms with Crippen LogP contribution in [0, 0.1) is 5.92 Å². The Morgan fingerprint density at radius 2 is 1.77 bits per heavy atom. The van der Waals surface area contributed by atoms with E-state index >= 15 is 0 Å². The van der Waals surface area contributed by atoms with Crippen LogP contribution in [-0.4, -0.2) is 34.8 Å². The highest BCUT2D eigenvalue weighted by Crippen LogP contribution is 2.22. The SMILES string of the molecule is Cl.NC(=O)c1ccccc1NC(=O)C1CCN(Cc2ccncc2)CC1. The number of rotatable bonds is 5. The quantitative estimate of drug-likeness (QED) is 0.841. The number of primary amides is 1. The maximum atomic E-state index is 12.5. The van der Waals surface area contributed by atoms with E-state index in [1.807, 2.05) is 12.1 Å². The van der Waals surface area contributed by atoms with Gasteiger partial charge in [-0.3, -0.25) is 19.5 Å². The fourth-order valence-corrected chi connectivity index (χ4v) is 3.14. The van der Waals surface area contributed by atoms with Gasteiger partial charge in [-0.15, -0.1) is 12.4 Å². The standard InChI is InChI=1S/C19H22N4O2.ClH/c20-18(24)16-3-1-2-4-17(16)22-19(25)15-7-11-23(12-8-15)13-14-5-9-21-10-6-14;/h1-6,9-10,15H,7-8,11-13H2,(H2,20,24)(H,22,25);1H. The molecule has 1 fully saturated rings. The smallest absolute Gasteiger partial charge is 0.250 e. The Morgan fingerprint density at radius 1 is 1.12 bits per heavy atom. The molecule has 1 aromatic heterocycles. The highest BCUT2D eigenvalue weighted by Gasteiger charge is 2.25. The van der Waals surface area contributed by atoms with Crippen LogP contribution in [0.1, 0.15) is 28.8 Å². The Balaban J connectivity index is 0.00000243. The van der Waals surface area contributed by atoms with E-state index in [1.54, 1.807) is 36.7 Å². The molecule has 2 amide bonds. The number of pyridine rings is 1. The normalized spacial score (nSPS) is 15.1. The molecule has 1 aromatic carbocycles. The number of carbonyl (C=O) groups excluding carboxylic acids is 2. The predicted octanol–water partition coefficient (Wildman–Crippen LogP) is 2.45. The highest BCUT2D eigenvalue weighted by atomic mass is 35.5. The zero-order valence-electron chi connectivity index (χ0n) is 14.4. The molecular weight excluding hydrogens is 352 g/mol. The van der Waals surface area contributed by atoms with Crippen LogP contribution in [0.3, 0.4) is 0 Å². The van der Waals surface area contributed by atoms with Crippen molar-refractivity contribution in [2.45, 2.75) is 19.4 Å². The van der Waals surface area contributed by atoms with E-state index in [1.165, 1.54) is 5.56 Å². The second-order valence-electron chi connectivity index (χ2n) is 6.30. The van der Waals surface area contributed by atoms with E-state index in [0.29, 0.717) is 11.3 Å². The van der Waals surface area contributed by atoms with Gasteiger partial charge in [0.05, 0.1) is 11.3 Å². The third-order valence-electron chi connectivity index (χ3n) is 4.56. The largest absolute Gasteiger partial charge is 0.366 e. The Hall–Kier alpha value is -2.44. The molecule has 1 aliphatic rings. The van der Waals surface area contributed by atoms with Crippen LogP contribution in [-0.2, 0) is 11.3 Å². The summed E-state index contributed by atoms with van der Waals surface area (Å²) in [4.78, 5) is 30.3. The number of piperidine rings is 1. The first-order valence-corrected chi connectivity index (χ1v) is 8.44. The van der Waals surface area contributed by atoms with Crippen LogP contribution in [0.5, 0.6) is 0 Å². The van der Waals surface area contributed by atoms with E-state index in [-0.39, 0.29) is 24.2 Å². The summed E-state index contributed by atoms with van der Waals surface area (Å²) in [5.41, 5.74) is 7.41. The number of amides is 2. The Bertz CT molecular complexity index is 746. The lowest BCUT2D eigenvalue weighted by molar-refractivity contribution is -0.121. The highest BCUT2D eigenvalue weighted by molar-refractivity contribution is 6.03. The summed E-state index contributed by atoms with van der Waals surface area (Å²) in [6.45, 7) is 2.62. The number of benzene rings is 1. The number of carbonyl (C=O) groups is 2. The van der Waals surface area contributed by atoms with Gasteiger partial charge < -0.3 is 11.1 Å². The van der Waals surface area contributed by atoms with E-state index in [0.717, 1.165) is 32.5 Å². The number of nitrogens with two attached hydrogens (primary N) is 1. The number of nitrogens with one attached hydrogen (secondary N) is 1. The number of likely N-dealkylation sites (tertiary alicyclic amines) is 1. The summed E-state index contributed by atoms with van der Waals surface area (Å²) in [5, 5.41) is 2.86.